The first kappa shape index (κ1) is 10.6. The number of benzene rings is 1. The van der Waals surface area contributed by atoms with Crippen LogP contribution < -0.4 is 9.96 Å². The molecule has 2 aliphatic heterocycles. The first-order valence-electron chi connectivity index (χ1n) is 6.22. The van der Waals surface area contributed by atoms with Crippen LogP contribution >= 0.6 is 0 Å². The molecule has 3 rings (SSSR count). The summed E-state index contributed by atoms with van der Waals surface area (Å²) < 4.78 is 0. The SMILES string of the molecule is N=C1C2CCCCCN2c2ccccc2N1O. The van der Waals surface area contributed by atoms with Gasteiger partial charge in [-0.3, -0.25) is 10.6 Å². The summed E-state index contributed by atoms with van der Waals surface area (Å²) >= 11 is 0. The lowest BCUT2D eigenvalue weighted by atomic mass is 10.0. The first-order valence-corrected chi connectivity index (χ1v) is 6.22. The van der Waals surface area contributed by atoms with Crippen LogP contribution in [0.1, 0.15) is 25.7 Å². The fourth-order valence-electron chi connectivity index (χ4n) is 2.84. The highest BCUT2D eigenvalue weighted by molar-refractivity contribution is 6.05. The number of hydrogen-bond acceptors (Lipinski definition) is 3. The van der Waals surface area contributed by atoms with E-state index < -0.39 is 0 Å². The number of anilines is 2. The predicted molar refractivity (Wildman–Crippen MR) is 68.0 cm³/mol. The lowest BCUT2D eigenvalue weighted by Crippen LogP contribution is -2.51. The van der Waals surface area contributed by atoms with E-state index in [-0.39, 0.29) is 6.04 Å². The summed E-state index contributed by atoms with van der Waals surface area (Å²) in [5.74, 6) is 0.311. The molecule has 1 aromatic carbocycles. The van der Waals surface area contributed by atoms with Crippen LogP contribution in [0, 0.1) is 5.41 Å². The zero-order valence-corrected chi connectivity index (χ0v) is 9.76. The molecular formula is C13H17N3O. The molecule has 90 valence electrons. The zero-order valence-electron chi connectivity index (χ0n) is 9.76. The average molecular weight is 231 g/mol. The van der Waals surface area contributed by atoms with Gasteiger partial charge in [-0.1, -0.05) is 25.0 Å². The quantitative estimate of drug-likeness (QED) is 0.721. The lowest BCUT2D eigenvalue weighted by Gasteiger charge is -2.41. The zero-order chi connectivity index (χ0) is 11.8. The largest absolute Gasteiger partial charge is 0.360 e. The summed E-state index contributed by atoms with van der Waals surface area (Å²) in [5.41, 5.74) is 1.79. The molecule has 0 amide bonds. The van der Waals surface area contributed by atoms with E-state index in [2.05, 4.69) is 4.90 Å². The summed E-state index contributed by atoms with van der Waals surface area (Å²) in [4.78, 5) is 2.28. The number of rotatable bonds is 0. The van der Waals surface area contributed by atoms with Gasteiger partial charge in [0.1, 0.15) is 5.84 Å². The molecule has 2 aliphatic rings. The van der Waals surface area contributed by atoms with Crippen molar-refractivity contribution >= 4 is 17.2 Å². The normalized spacial score (nSPS) is 24.1. The van der Waals surface area contributed by atoms with Gasteiger partial charge in [-0.2, -0.15) is 0 Å². The highest BCUT2D eigenvalue weighted by atomic mass is 16.5. The minimum absolute atomic E-state index is 0.0393. The Morgan fingerprint density at radius 1 is 1.12 bits per heavy atom. The van der Waals surface area contributed by atoms with E-state index in [0.29, 0.717) is 5.84 Å². The number of nitrogens with zero attached hydrogens (tertiary/aromatic N) is 2. The van der Waals surface area contributed by atoms with Crippen LogP contribution in [0.3, 0.4) is 0 Å². The minimum atomic E-state index is 0.0393. The molecule has 0 aromatic heterocycles. The van der Waals surface area contributed by atoms with Crippen molar-refractivity contribution in [3.63, 3.8) is 0 Å². The van der Waals surface area contributed by atoms with Crippen LogP contribution in [0.25, 0.3) is 0 Å². The molecule has 0 aliphatic carbocycles. The summed E-state index contributed by atoms with van der Waals surface area (Å²) in [6, 6.07) is 7.82. The van der Waals surface area contributed by atoms with Crippen molar-refractivity contribution in [2.24, 2.45) is 0 Å². The highest BCUT2D eigenvalue weighted by Gasteiger charge is 2.35. The summed E-state index contributed by atoms with van der Waals surface area (Å²) in [6.07, 6.45) is 4.49. The van der Waals surface area contributed by atoms with Gasteiger partial charge in [-0.05, 0) is 25.0 Å². The van der Waals surface area contributed by atoms with E-state index in [0.717, 1.165) is 35.8 Å². The number of fused-ring (bicyclic) bond motifs is 3. The Labute approximate surface area is 101 Å². The first-order chi connectivity index (χ1) is 8.29. The van der Waals surface area contributed by atoms with Crippen LogP contribution in [0.5, 0.6) is 0 Å². The number of amidine groups is 1. The van der Waals surface area contributed by atoms with Crippen LogP contribution in [0.2, 0.25) is 0 Å². The van der Waals surface area contributed by atoms with Crippen LogP contribution in [-0.2, 0) is 0 Å². The predicted octanol–water partition coefficient (Wildman–Crippen LogP) is 2.62. The third-order valence-corrected chi connectivity index (χ3v) is 3.72. The monoisotopic (exact) mass is 231 g/mol. The van der Waals surface area contributed by atoms with Gasteiger partial charge in [0.05, 0.1) is 17.4 Å². The van der Waals surface area contributed by atoms with Gasteiger partial charge in [0.2, 0.25) is 0 Å². The second-order valence-electron chi connectivity index (χ2n) is 4.74. The molecule has 4 nitrogen and oxygen atoms in total. The van der Waals surface area contributed by atoms with Crippen LogP contribution in [0.4, 0.5) is 11.4 Å². The van der Waals surface area contributed by atoms with Gasteiger partial charge < -0.3 is 4.90 Å². The van der Waals surface area contributed by atoms with E-state index in [1.165, 1.54) is 12.8 Å². The van der Waals surface area contributed by atoms with Crippen LogP contribution in [0.15, 0.2) is 24.3 Å². The molecule has 2 N–H and O–H groups in total. The topological polar surface area (TPSA) is 50.6 Å². The van der Waals surface area contributed by atoms with Gasteiger partial charge in [0, 0.05) is 6.54 Å². The molecule has 1 aromatic rings. The minimum Gasteiger partial charge on any atom is -0.360 e. The van der Waals surface area contributed by atoms with Gasteiger partial charge in [-0.15, -0.1) is 0 Å². The Bertz CT molecular complexity index is 446. The highest BCUT2D eigenvalue weighted by Crippen LogP contribution is 2.37. The van der Waals surface area contributed by atoms with Gasteiger partial charge in [-0.25, -0.2) is 5.06 Å². The Hall–Kier alpha value is -1.55. The maximum Gasteiger partial charge on any atom is 0.149 e. The van der Waals surface area contributed by atoms with E-state index >= 15 is 0 Å². The molecule has 4 heteroatoms. The summed E-state index contributed by atoms with van der Waals surface area (Å²) in [7, 11) is 0. The molecule has 1 saturated heterocycles. The molecular weight excluding hydrogens is 214 g/mol. The average Bonchev–Trinajstić information content (AvgIpc) is 2.62. The van der Waals surface area contributed by atoms with Crippen molar-refractivity contribution in [2.45, 2.75) is 31.7 Å². The molecule has 17 heavy (non-hydrogen) atoms. The molecule has 0 spiro atoms. The van der Waals surface area contributed by atoms with Crippen LogP contribution in [-0.4, -0.2) is 23.6 Å². The Kier molecular flexibility index (Phi) is 2.52. The Morgan fingerprint density at radius 3 is 2.71 bits per heavy atom. The molecule has 1 fully saturated rings. The number of para-hydroxylation sites is 2. The van der Waals surface area contributed by atoms with E-state index in [1.54, 1.807) is 0 Å². The molecule has 0 radical (unpaired) electrons. The number of nitrogens with one attached hydrogen (secondary N) is 1. The third kappa shape index (κ3) is 1.60. The third-order valence-electron chi connectivity index (χ3n) is 3.72. The van der Waals surface area contributed by atoms with Gasteiger partial charge >= 0.3 is 0 Å². The lowest BCUT2D eigenvalue weighted by molar-refractivity contribution is 0.302. The summed E-state index contributed by atoms with van der Waals surface area (Å²) in [6.45, 7) is 0.984. The maximum absolute atomic E-state index is 10.0. The molecule has 2 heterocycles. The standard InChI is InChI=1S/C13H17N3O/c14-13-12-8-2-1-5-9-15(12)10-6-3-4-7-11(10)16(13)17/h3-4,6-7,12,14,17H,1-2,5,8-9H2. The van der Waals surface area contributed by atoms with E-state index in [4.69, 9.17) is 5.41 Å². The Balaban J connectivity index is 2.08. The van der Waals surface area contributed by atoms with Crippen molar-refractivity contribution in [3.05, 3.63) is 24.3 Å². The van der Waals surface area contributed by atoms with Crippen molar-refractivity contribution in [1.82, 2.24) is 0 Å². The fourth-order valence-corrected chi connectivity index (χ4v) is 2.84. The number of hydroxylamine groups is 1. The fraction of sp³-hybridized carbons (Fsp3) is 0.462. The van der Waals surface area contributed by atoms with Crippen molar-refractivity contribution in [2.75, 3.05) is 16.5 Å². The Morgan fingerprint density at radius 2 is 1.88 bits per heavy atom. The van der Waals surface area contributed by atoms with E-state index in [9.17, 15) is 5.21 Å². The smallest absolute Gasteiger partial charge is 0.149 e. The van der Waals surface area contributed by atoms with Crippen molar-refractivity contribution in [3.8, 4) is 0 Å². The molecule has 0 saturated carbocycles. The van der Waals surface area contributed by atoms with Gasteiger partial charge in [0.15, 0.2) is 0 Å². The van der Waals surface area contributed by atoms with Crippen molar-refractivity contribution < 1.29 is 5.21 Å². The second-order valence-corrected chi connectivity index (χ2v) is 4.74. The maximum atomic E-state index is 10.0. The number of hydrogen-bond donors (Lipinski definition) is 2. The molecule has 1 atom stereocenters. The van der Waals surface area contributed by atoms with Crippen molar-refractivity contribution in [1.29, 1.82) is 5.41 Å². The molecule has 1 unspecified atom stereocenters. The molecule has 0 bridgehead atoms. The van der Waals surface area contributed by atoms with Gasteiger partial charge in [0.25, 0.3) is 0 Å². The van der Waals surface area contributed by atoms with E-state index in [1.807, 2.05) is 24.3 Å². The summed E-state index contributed by atoms with van der Waals surface area (Å²) in [5, 5.41) is 19.2. The second kappa shape index (κ2) is 4.04.